The van der Waals surface area contributed by atoms with Crippen molar-refractivity contribution in [2.24, 2.45) is 17.8 Å². The number of nitrogens with zero attached hydrogens (tertiary/aromatic N) is 1. The summed E-state index contributed by atoms with van der Waals surface area (Å²) in [6.07, 6.45) is 3.73. The van der Waals surface area contributed by atoms with Gasteiger partial charge in [0.15, 0.2) is 0 Å². The van der Waals surface area contributed by atoms with Crippen molar-refractivity contribution in [2.75, 3.05) is 19.6 Å². The van der Waals surface area contributed by atoms with Crippen LogP contribution in [0, 0.1) is 17.8 Å². The van der Waals surface area contributed by atoms with Crippen LogP contribution in [0.1, 0.15) is 62.1 Å². The zero-order chi connectivity index (χ0) is 25.8. The first kappa shape index (κ1) is 25.5. The summed E-state index contributed by atoms with van der Waals surface area (Å²) in [6, 6.07) is 25.9. The lowest BCUT2D eigenvalue weighted by Crippen LogP contribution is -2.49. The quantitative estimate of drug-likeness (QED) is 0.418. The SMILES string of the molecule is C[C@@H](NCC1CN(C(=O)C2CCCC(C(=O)O)C2)CCC1c1ccccc1)c1cccc2ccccc12. The van der Waals surface area contributed by atoms with Gasteiger partial charge in [-0.1, -0.05) is 79.2 Å². The Balaban J connectivity index is 1.31. The van der Waals surface area contributed by atoms with E-state index in [0.29, 0.717) is 25.3 Å². The summed E-state index contributed by atoms with van der Waals surface area (Å²) >= 11 is 0. The van der Waals surface area contributed by atoms with Gasteiger partial charge in [0, 0.05) is 31.6 Å². The number of fused-ring (bicyclic) bond motifs is 1. The highest BCUT2D eigenvalue weighted by Crippen LogP contribution is 2.36. The molecule has 194 valence electrons. The Labute approximate surface area is 219 Å². The standard InChI is InChI=1S/C32H38N2O3/c1-22(28-16-8-12-24-11-5-6-15-30(24)28)33-20-27-21-34(18-17-29(27)23-9-3-2-4-10-23)31(35)25-13-7-14-26(19-25)32(36)37/h2-6,8-12,15-16,22,25-27,29,33H,7,13-14,17-21H2,1H3,(H,36,37)/t22-,25?,26?,27?,29?/m1/s1. The number of nitrogens with one attached hydrogen (secondary N) is 1. The van der Waals surface area contributed by atoms with E-state index in [1.54, 1.807) is 0 Å². The van der Waals surface area contributed by atoms with Crippen molar-refractivity contribution in [3.8, 4) is 0 Å². The molecule has 2 N–H and O–H groups in total. The third-order valence-electron chi connectivity index (χ3n) is 8.62. The Morgan fingerprint density at radius 2 is 1.68 bits per heavy atom. The maximum Gasteiger partial charge on any atom is 0.306 e. The Kier molecular flexibility index (Phi) is 7.90. The largest absolute Gasteiger partial charge is 0.481 e. The van der Waals surface area contributed by atoms with Crippen molar-refractivity contribution < 1.29 is 14.7 Å². The highest BCUT2D eigenvalue weighted by atomic mass is 16.4. The van der Waals surface area contributed by atoms with Crippen molar-refractivity contribution >= 4 is 22.6 Å². The van der Waals surface area contributed by atoms with E-state index in [9.17, 15) is 14.7 Å². The van der Waals surface area contributed by atoms with Gasteiger partial charge in [0.1, 0.15) is 0 Å². The van der Waals surface area contributed by atoms with Gasteiger partial charge in [-0.3, -0.25) is 9.59 Å². The molecule has 1 saturated carbocycles. The van der Waals surface area contributed by atoms with E-state index in [4.69, 9.17) is 0 Å². The van der Waals surface area contributed by atoms with Crippen molar-refractivity contribution in [2.45, 2.75) is 51.0 Å². The molecule has 4 unspecified atom stereocenters. The van der Waals surface area contributed by atoms with Gasteiger partial charge >= 0.3 is 5.97 Å². The predicted octanol–water partition coefficient (Wildman–Crippen LogP) is 6.01. The number of carbonyl (C=O) groups is 2. The minimum absolute atomic E-state index is 0.157. The number of hydrogen-bond donors (Lipinski definition) is 2. The van der Waals surface area contributed by atoms with Crippen LogP contribution >= 0.6 is 0 Å². The third kappa shape index (κ3) is 5.72. The molecule has 5 atom stereocenters. The number of piperidine rings is 1. The molecule has 2 fully saturated rings. The van der Waals surface area contributed by atoms with Crippen LogP contribution in [0.5, 0.6) is 0 Å². The summed E-state index contributed by atoms with van der Waals surface area (Å²) in [7, 11) is 0. The molecule has 5 rings (SSSR count). The summed E-state index contributed by atoms with van der Waals surface area (Å²) in [5.41, 5.74) is 2.63. The Hall–Kier alpha value is -3.18. The zero-order valence-corrected chi connectivity index (χ0v) is 21.7. The number of benzene rings is 3. The minimum Gasteiger partial charge on any atom is -0.481 e. The summed E-state index contributed by atoms with van der Waals surface area (Å²) in [5.74, 6) is -0.476. The molecule has 1 saturated heterocycles. The average Bonchev–Trinajstić information content (AvgIpc) is 2.95. The van der Waals surface area contributed by atoms with E-state index in [1.807, 2.05) is 4.90 Å². The van der Waals surface area contributed by atoms with Crippen molar-refractivity contribution in [1.82, 2.24) is 10.2 Å². The second-order valence-corrected chi connectivity index (χ2v) is 10.9. The fourth-order valence-corrected chi connectivity index (χ4v) is 6.54. The van der Waals surface area contributed by atoms with Gasteiger partial charge in [-0.05, 0) is 66.3 Å². The maximum absolute atomic E-state index is 13.5. The second-order valence-electron chi connectivity index (χ2n) is 10.9. The van der Waals surface area contributed by atoms with E-state index in [0.717, 1.165) is 32.4 Å². The molecule has 1 amide bonds. The van der Waals surface area contributed by atoms with Gasteiger partial charge in [0.2, 0.25) is 5.91 Å². The third-order valence-corrected chi connectivity index (χ3v) is 8.62. The van der Waals surface area contributed by atoms with E-state index in [-0.39, 0.29) is 29.7 Å². The van der Waals surface area contributed by atoms with Gasteiger partial charge in [0.05, 0.1) is 5.92 Å². The molecule has 3 aromatic rings. The number of carboxylic acid groups (broad SMARTS) is 1. The van der Waals surface area contributed by atoms with Crippen LogP contribution in [0.15, 0.2) is 72.8 Å². The van der Waals surface area contributed by atoms with Crippen LogP contribution in [0.3, 0.4) is 0 Å². The molecule has 0 spiro atoms. The molecule has 5 nitrogen and oxygen atoms in total. The first-order chi connectivity index (χ1) is 18.0. The monoisotopic (exact) mass is 498 g/mol. The fourth-order valence-electron chi connectivity index (χ4n) is 6.54. The lowest BCUT2D eigenvalue weighted by molar-refractivity contribution is -0.146. The number of rotatable bonds is 7. The van der Waals surface area contributed by atoms with Crippen LogP contribution in [0.2, 0.25) is 0 Å². The van der Waals surface area contributed by atoms with E-state index in [1.165, 1.54) is 21.9 Å². The topological polar surface area (TPSA) is 69.6 Å². The highest BCUT2D eigenvalue weighted by molar-refractivity contribution is 5.86. The van der Waals surface area contributed by atoms with Crippen LogP contribution in [0.4, 0.5) is 0 Å². The van der Waals surface area contributed by atoms with Crippen LogP contribution in [0.25, 0.3) is 10.8 Å². The molecule has 37 heavy (non-hydrogen) atoms. The van der Waals surface area contributed by atoms with Crippen molar-refractivity contribution in [1.29, 1.82) is 0 Å². The molecular formula is C32H38N2O3. The molecule has 0 radical (unpaired) electrons. The van der Waals surface area contributed by atoms with Crippen LogP contribution in [-0.2, 0) is 9.59 Å². The normalized spacial score (nSPS) is 25.1. The Morgan fingerprint density at radius 1 is 0.946 bits per heavy atom. The minimum atomic E-state index is -0.759. The Bertz CT molecular complexity index is 1220. The molecule has 5 heteroatoms. The number of amides is 1. The number of aliphatic carboxylic acids is 1. The van der Waals surface area contributed by atoms with E-state index >= 15 is 0 Å². The summed E-state index contributed by atoms with van der Waals surface area (Å²) < 4.78 is 0. The maximum atomic E-state index is 13.5. The molecule has 0 aromatic heterocycles. The molecule has 0 bridgehead atoms. The first-order valence-electron chi connectivity index (χ1n) is 13.8. The zero-order valence-electron chi connectivity index (χ0n) is 21.7. The number of hydrogen-bond acceptors (Lipinski definition) is 3. The van der Waals surface area contributed by atoms with Gasteiger partial charge in [-0.2, -0.15) is 0 Å². The van der Waals surface area contributed by atoms with Crippen LogP contribution in [-0.4, -0.2) is 41.5 Å². The molecule has 1 heterocycles. The van der Waals surface area contributed by atoms with Gasteiger partial charge in [-0.25, -0.2) is 0 Å². The van der Waals surface area contributed by atoms with Crippen molar-refractivity contribution in [3.05, 3.63) is 83.9 Å². The van der Waals surface area contributed by atoms with Gasteiger partial charge in [-0.15, -0.1) is 0 Å². The fraction of sp³-hybridized carbons (Fsp3) is 0.438. The number of carbonyl (C=O) groups excluding carboxylic acids is 1. The lowest BCUT2D eigenvalue weighted by atomic mass is 9.78. The number of likely N-dealkylation sites (tertiary alicyclic amines) is 1. The molecule has 1 aliphatic carbocycles. The highest BCUT2D eigenvalue weighted by Gasteiger charge is 2.37. The molecule has 3 aromatic carbocycles. The average molecular weight is 499 g/mol. The van der Waals surface area contributed by atoms with Gasteiger partial charge in [0.25, 0.3) is 0 Å². The molecular weight excluding hydrogens is 460 g/mol. The van der Waals surface area contributed by atoms with E-state index in [2.05, 4.69) is 85.0 Å². The van der Waals surface area contributed by atoms with Crippen LogP contribution < -0.4 is 5.32 Å². The second kappa shape index (κ2) is 11.5. The summed E-state index contributed by atoms with van der Waals surface area (Å²) in [5, 5.41) is 15.8. The molecule has 1 aliphatic heterocycles. The number of carboxylic acids is 1. The predicted molar refractivity (Wildman–Crippen MR) is 147 cm³/mol. The summed E-state index contributed by atoms with van der Waals surface area (Å²) in [6.45, 7) is 4.49. The lowest BCUT2D eigenvalue weighted by Gasteiger charge is -2.41. The van der Waals surface area contributed by atoms with Gasteiger partial charge < -0.3 is 15.3 Å². The van der Waals surface area contributed by atoms with Crippen molar-refractivity contribution in [3.63, 3.8) is 0 Å². The smallest absolute Gasteiger partial charge is 0.306 e. The first-order valence-corrected chi connectivity index (χ1v) is 13.8. The Morgan fingerprint density at radius 3 is 2.49 bits per heavy atom. The van der Waals surface area contributed by atoms with E-state index < -0.39 is 5.97 Å². The molecule has 2 aliphatic rings. The summed E-state index contributed by atoms with van der Waals surface area (Å²) in [4.78, 5) is 27.1.